The van der Waals surface area contributed by atoms with E-state index in [1.165, 1.54) is 16.7 Å². The third-order valence-electron chi connectivity index (χ3n) is 5.31. The molecule has 2 atom stereocenters. The number of fused-ring (bicyclic) bond motifs is 1. The molecule has 0 aromatic heterocycles. The van der Waals surface area contributed by atoms with Crippen LogP contribution in [0.25, 0.3) is 0 Å². The molecule has 0 fully saturated rings. The van der Waals surface area contributed by atoms with Crippen LogP contribution in [0.2, 0.25) is 0 Å². The Kier molecular flexibility index (Phi) is 5.99. The first kappa shape index (κ1) is 21.0. The first-order chi connectivity index (χ1) is 14.9. The number of carbonyl (C=O) groups is 1. The highest BCUT2D eigenvalue weighted by molar-refractivity contribution is 5.68. The van der Waals surface area contributed by atoms with Crippen molar-refractivity contribution in [1.82, 2.24) is 5.32 Å². The van der Waals surface area contributed by atoms with Crippen molar-refractivity contribution in [3.05, 3.63) is 101 Å². The monoisotopic (exact) mass is 415 g/mol. The summed E-state index contributed by atoms with van der Waals surface area (Å²) in [6, 6.07) is 26.6. The van der Waals surface area contributed by atoms with Gasteiger partial charge in [-0.05, 0) is 68.0 Å². The minimum absolute atomic E-state index is 0.184. The van der Waals surface area contributed by atoms with Crippen molar-refractivity contribution in [2.75, 3.05) is 0 Å². The molecule has 4 rings (SSSR count). The van der Waals surface area contributed by atoms with Crippen LogP contribution in [0.4, 0.5) is 4.79 Å². The first-order valence-electron chi connectivity index (χ1n) is 10.7. The topological polar surface area (TPSA) is 47.6 Å². The maximum Gasteiger partial charge on any atom is 0.408 e. The Hall–Kier alpha value is -3.27. The summed E-state index contributed by atoms with van der Waals surface area (Å²) in [5, 5.41) is 3.01. The molecule has 1 N–H and O–H groups in total. The van der Waals surface area contributed by atoms with E-state index in [1.807, 2.05) is 51.1 Å². The third-order valence-corrected chi connectivity index (χ3v) is 5.31. The Labute approximate surface area is 184 Å². The zero-order valence-electron chi connectivity index (χ0n) is 18.3. The van der Waals surface area contributed by atoms with Crippen LogP contribution in [0.3, 0.4) is 0 Å². The van der Waals surface area contributed by atoms with Gasteiger partial charge in [-0.3, -0.25) is 0 Å². The molecule has 31 heavy (non-hydrogen) atoms. The summed E-state index contributed by atoms with van der Waals surface area (Å²) in [7, 11) is 0. The fourth-order valence-corrected chi connectivity index (χ4v) is 3.95. The molecule has 0 bridgehead atoms. The minimum atomic E-state index is -0.541. The Morgan fingerprint density at radius 3 is 2.26 bits per heavy atom. The molecule has 0 heterocycles. The number of hydrogen-bond donors (Lipinski definition) is 1. The first-order valence-corrected chi connectivity index (χ1v) is 10.7. The highest BCUT2D eigenvalue weighted by Gasteiger charge is 2.36. The van der Waals surface area contributed by atoms with Crippen molar-refractivity contribution >= 4 is 6.09 Å². The Balaban J connectivity index is 1.48. The van der Waals surface area contributed by atoms with Crippen LogP contribution in [0, 0.1) is 0 Å². The van der Waals surface area contributed by atoms with E-state index in [0.717, 1.165) is 17.7 Å². The molecule has 0 aliphatic heterocycles. The fraction of sp³-hybridized carbons (Fsp3) is 0.296. The van der Waals surface area contributed by atoms with Crippen LogP contribution in [-0.4, -0.2) is 17.7 Å². The second kappa shape index (κ2) is 8.84. The molecule has 0 radical (unpaired) electrons. The van der Waals surface area contributed by atoms with Crippen molar-refractivity contribution in [2.45, 2.75) is 51.4 Å². The highest BCUT2D eigenvalue weighted by Crippen LogP contribution is 2.35. The number of amides is 1. The fourth-order valence-electron chi connectivity index (χ4n) is 3.95. The second-order valence-electron chi connectivity index (χ2n) is 9.00. The van der Waals surface area contributed by atoms with Gasteiger partial charge in [-0.15, -0.1) is 0 Å². The maximum absolute atomic E-state index is 12.4. The Morgan fingerprint density at radius 1 is 0.903 bits per heavy atom. The van der Waals surface area contributed by atoms with E-state index in [0.29, 0.717) is 6.42 Å². The Bertz CT molecular complexity index is 1020. The van der Waals surface area contributed by atoms with Gasteiger partial charge in [-0.1, -0.05) is 66.7 Å². The van der Waals surface area contributed by atoms with E-state index in [9.17, 15) is 4.79 Å². The number of nitrogens with one attached hydrogen (secondary N) is 1. The number of hydrogen-bond acceptors (Lipinski definition) is 3. The summed E-state index contributed by atoms with van der Waals surface area (Å²) in [5.41, 5.74) is 4.27. The molecule has 0 saturated heterocycles. The average Bonchev–Trinajstić information content (AvgIpc) is 3.06. The lowest BCUT2D eigenvalue weighted by Gasteiger charge is -2.26. The summed E-state index contributed by atoms with van der Waals surface area (Å²) < 4.78 is 11.8. The van der Waals surface area contributed by atoms with Gasteiger partial charge >= 0.3 is 6.09 Å². The SMILES string of the molecule is CC(C)(C)OC(=O)N[C@@H]1Cc2ccccc2[C@@H]1Oc1ccc(Cc2ccccc2)cc1. The lowest BCUT2D eigenvalue weighted by Crippen LogP contribution is -2.42. The van der Waals surface area contributed by atoms with Crippen molar-refractivity contribution in [3.8, 4) is 5.75 Å². The molecule has 1 aliphatic rings. The molecule has 0 unspecified atom stereocenters. The van der Waals surface area contributed by atoms with Crippen LogP contribution in [0.5, 0.6) is 5.75 Å². The van der Waals surface area contributed by atoms with Crippen molar-refractivity contribution in [3.63, 3.8) is 0 Å². The summed E-state index contributed by atoms with van der Waals surface area (Å²) in [5.74, 6) is 0.787. The molecule has 3 aromatic carbocycles. The molecular formula is C27H29NO3. The zero-order chi connectivity index (χ0) is 21.8. The lowest BCUT2D eigenvalue weighted by molar-refractivity contribution is 0.0456. The molecule has 4 heteroatoms. The van der Waals surface area contributed by atoms with Crippen LogP contribution in [0.1, 0.15) is 49.1 Å². The van der Waals surface area contributed by atoms with E-state index in [-0.39, 0.29) is 12.1 Å². The van der Waals surface area contributed by atoms with E-state index < -0.39 is 11.7 Å². The van der Waals surface area contributed by atoms with Gasteiger partial charge in [0.25, 0.3) is 0 Å². The van der Waals surface area contributed by atoms with Gasteiger partial charge in [-0.25, -0.2) is 4.79 Å². The number of carbonyl (C=O) groups excluding carboxylic acids is 1. The maximum atomic E-state index is 12.4. The normalized spacial score (nSPS) is 17.6. The van der Waals surface area contributed by atoms with Gasteiger partial charge in [0.05, 0.1) is 6.04 Å². The van der Waals surface area contributed by atoms with Gasteiger partial charge in [-0.2, -0.15) is 0 Å². The van der Waals surface area contributed by atoms with Gasteiger partial charge < -0.3 is 14.8 Å². The third kappa shape index (κ3) is 5.46. The molecular weight excluding hydrogens is 386 g/mol. The van der Waals surface area contributed by atoms with Crippen LogP contribution >= 0.6 is 0 Å². The zero-order valence-corrected chi connectivity index (χ0v) is 18.3. The molecule has 160 valence electrons. The summed E-state index contributed by atoms with van der Waals surface area (Å²) >= 11 is 0. The van der Waals surface area contributed by atoms with Crippen LogP contribution in [-0.2, 0) is 17.6 Å². The molecule has 1 amide bonds. The van der Waals surface area contributed by atoms with Crippen molar-refractivity contribution in [1.29, 1.82) is 0 Å². The average molecular weight is 416 g/mol. The quantitative estimate of drug-likeness (QED) is 0.569. The minimum Gasteiger partial charge on any atom is -0.484 e. The molecule has 3 aromatic rings. The lowest BCUT2D eigenvalue weighted by atomic mass is 10.1. The Morgan fingerprint density at radius 2 is 1.55 bits per heavy atom. The predicted molar refractivity (Wildman–Crippen MR) is 122 cm³/mol. The van der Waals surface area contributed by atoms with Crippen LogP contribution in [0.15, 0.2) is 78.9 Å². The van der Waals surface area contributed by atoms with Crippen LogP contribution < -0.4 is 10.1 Å². The molecule has 0 spiro atoms. The van der Waals surface area contributed by atoms with Gasteiger partial charge in [0, 0.05) is 0 Å². The smallest absolute Gasteiger partial charge is 0.408 e. The number of alkyl carbamates (subject to hydrolysis) is 1. The number of benzene rings is 3. The summed E-state index contributed by atoms with van der Waals surface area (Å²) in [6.45, 7) is 5.59. The standard InChI is InChI=1S/C27H29NO3/c1-27(2,3)31-26(29)28-24-18-21-11-7-8-12-23(21)25(24)30-22-15-13-20(14-16-22)17-19-9-5-4-6-10-19/h4-16,24-25H,17-18H2,1-3H3,(H,28,29)/t24-,25+/m1/s1. The number of ether oxygens (including phenoxy) is 2. The van der Waals surface area contributed by atoms with Gasteiger partial charge in [0.1, 0.15) is 17.5 Å². The summed E-state index contributed by atoms with van der Waals surface area (Å²) in [6.07, 6.45) is 0.920. The summed E-state index contributed by atoms with van der Waals surface area (Å²) in [4.78, 5) is 12.4. The van der Waals surface area contributed by atoms with Gasteiger partial charge in [0.15, 0.2) is 0 Å². The highest BCUT2D eigenvalue weighted by atomic mass is 16.6. The van der Waals surface area contributed by atoms with E-state index in [2.05, 4.69) is 53.8 Å². The predicted octanol–water partition coefficient (Wildman–Crippen LogP) is 5.85. The van der Waals surface area contributed by atoms with E-state index >= 15 is 0 Å². The molecule has 4 nitrogen and oxygen atoms in total. The largest absolute Gasteiger partial charge is 0.484 e. The van der Waals surface area contributed by atoms with Gasteiger partial charge in [0.2, 0.25) is 0 Å². The van der Waals surface area contributed by atoms with E-state index in [4.69, 9.17) is 9.47 Å². The molecule has 1 aliphatic carbocycles. The van der Waals surface area contributed by atoms with Crippen molar-refractivity contribution < 1.29 is 14.3 Å². The van der Waals surface area contributed by atoms with E-state index in [1.54, 1.807) is 0 Å². The van der Waals surface area contributed by atoms with Crippen molar-refractivity contribution in [2.24, 2.45) is 0 Å². The molecule has 0 saturated carbocycles. The second-order valence-corrected chi connectivity index (χ2v) is 9.00. The number of rotatable bonds is 5.